The molecule has 18 heavy (non-hydrogen) atoms. The third-order valence-corrected chi connectivity index (χ3v) is 2.87. The van der Waals surface area contributed by atoms with Crippen LogP contribution in [-0.4, -0.2) is 38.1 Å². The van der Waals surface area contributed by atoms with Gasteiger partial charge in [0.1, 0.15) is 0 Å². The van der Waals surface area contributed by atoms with E-state index in [1.54, 1.807) is 0 Å². The van der Waals surface area contributed by atoms with Gasteiger partial charge in [-0.2, -0.15) is 0 Å². The van der Waals surface area contributed by atoms with Gasteiger partial charge in [-0.25, -0.2) is 0 Å². The van der Waals surface area contributed by atoms with E-state index in [2.05, 4.69) is 17.0 Å². The minimum atomic E-state index is -0.0804. The van der Waals surface area contributed by atoms with Crippen molar-refractivity contribution in [1.29, 1.82) is 0 Å². The van der Waals surface area contributed by atoms with Gasteiger partial charge in [0.15, 0.2) is 0 Å². The summed E-state index contributed by atoms with van der Waals surface area (Å²) in [6.07, 6.45) is 1.59. The molecule has 1 unspecified atom stereocenters. The van der Waals surface area contributed by atoms with E-state index in [0.717, 1.165) is 19.4 Å². The van der Waals surface area contributed by atoms with Gasteiger partial charge in [-0.1, -0.05) is 30.3 Å². The number of carbonyl (C=O) groups is 1. The Morgan fingerprint density at radius 3 is 2.50 bits per heavy atom. The minimum Gasteiger partial charge on any atom is -0.466 e. The molecular weight excluding hydrogens is 226 g/mol. The Balaban J connectivity index is 2.62. The minimum absolute atomic E-state index is 0.0465. The van der Waals surface area contributed by atoms with E-state index in [4.69, 9.17) is 4.74 Å². The standard InChI is InChI=1S/C15H23NO2/c1-4-18-15(17)14(10-11-16(2)3)12-13-8-6-5-7-9-13/h5-9,14H,4,10-12H2,1-3H3. The van der Waals surface area contributed by atoms with Crippen LogP contribution in [0.3, 0.4) is 0 Å². The van der Waals surface area contributed by atoms with Crippen LogP contribution in [0.2, 0.25) is 0 Å². The molecule has 1 atom stereocenters. The normalized spacial score (nSPS) is 12.4. The summed E-state index contributed by atoms with van der Waals surface area (Å²) in [6, 6.07) is 10.1. The van der Waals surface area contributed by atoms with Gasteiger partial charge in [-0.15, -0.1) is 0 Å². The van der Waals surface area contributed by atoms with Crippen molar-refractivity contribution in [2.24, 2.45) is 5.92 Å². The van der Waals surface area contributed by atoms with Crippen molar-refractivity contribution in [3.05, 3.63) is 35.9 Å². The molecule has 0 spiro atoms. The third kappa shape index (κ3) is 5.32. The van der Waals surface area contributed by atoms with E-state index in [-0.39, 0.29) is 11.9 Å². The van der Waals surface area contributed by atoms with Crippen molar-refractivity contribution >= 4 is 5.97 Å². The van der Waals surface area contributed by atoms with Gasteiger partial charge in [0.05, 0.1) is 12.5 Å². The molecular formula is C15H23NO2. The molecule has 3 nitrogen and oxygen atoms in total. The monoisotopic (exact) mass is 249 g/mol. The largest absolute Gasteiger partial charge is 0.466 e. The van der Waals surface area contributed by atoms with Crippen LogP contribution in [0.15, 0.2) is 30.3 Å². The molecule has 1 aromatic carbocycles. The molecule has 1 rings (SSSR count). The molecule has 0 aromatic heterocycles. The average Bonchev–Trinajstić information content (AvgIpc) is 2.35. The highest BCUT2D eigenvalue weighted by Gasteiger charge is 2.20. The highest BCUT2D eigenvalue weighted by atomic mass is 16.5. The topological polar surface area (TPSA) is 29.5 Å². The molecule has 1 aromatic rings. The molecule has 0 radical (unpaired) electrons. The Morgan fingerprint density at radius 1 is 1.28 bits per heavy atom. The number of nitrogens with zero attached hydrogens (tertiary/aromatic N) is 1. The predicted octanol–water partition coefficient (Wildman–Crippen LogP) is 2.36. The summed E-state index contributed by atoms with van der Waals surface area (Å²) < 4.78 is 5.15. The summed E-state index contributed by atoms with van der Waals surface area (Å²) in [5.41, 5.74) is 1.19. The zero-order chi connectivity index (χ0) is 13.4. The zero-order valence-corrected chi connectivity index (χ0v) is 11.6. The lowest BCUT2D eigenvalue weighted by molar-refractivity contribution is -0.148. The molecule has 0 amide bonds. The van der Waals surface area contributed by atoms with Gasteiger partial charge in [0.2, 0.25) is 0 Å². The van der Waals surface area contributed by atoms with E-state index in [0.29, 0.717) is 6.61 Å². The lowest BCUT2D eigenvalue weighted by Gasteiger charge is -2.18. The first-order valence-corrected chi connectivity index (χ1v) is 6.48. The van der Waals surface area contributed by atoms with Crippen molar-refractivity contribution in [2.75, 3.05) is 27.2 Å². The maximum absolute atomic E-state index is 11.9. The van der Waals surface area contributed by atoms with Gasteiger partial charge < -0.3 is 9.64 Å². The summed E-state index contributed by atoms with van der Waals surface area (Å²) in [7, 11) is 4.04. The van der Waals surface area contributed by atoms with Crippen molar-refractivity contribution < 1.29 is 9.53 Å². The van der Waals surface area contributed by atoms with Gasteiger partial charge >= 0.3 is 5.97 Å². The summed E-state index contributed by atoms with van der Waals surface area (Å²) in [4.78, 5) is 14.0. The number of hydrogen-bond donors (Lipinski definition) is 0. The van der Waals surface area contributed by atoms with E-state index < -0.39 is 0 Å². The maximum atomic E-state index is 11.9. The fourth-order valence-corrected chi connectivity index (χ4v) is 1.88. The third-order valence-electron chi connectivity index (χ3n) is 2.87. The Labute approximate surface area is 110 Å². The zero-order valence-electron chi connectivity index (χ0n) is 11.6. The SMILES string of the molecule is CCOC(=O)C(CCN(C)C)Cc1ccccc1. The Kier molecular flexibility index (Phi) is 6.44. The number of esters is 1. The number of rotatable bonds is 7. The molecule has 100 valence electrons. The molecule has 0 aliphatic rings. The van der Waals surface area contributed by atoms with Crippen molar-refractivity contribution in [3.63, 3.8) is 0 Å². The molecule has 0 fully saturated rings. The van der Waals surface area contributed by atoms with E-state index in [1.165, 1.54) is 5.56 Å². The second kappa shape index (κ2) is 7.88. The van der Waals surface area contributed by atoms with Gasteiger partial charge in [-0.3, -0.25) is 4.79 Å². The summed E-state index contributed by atoms with van der Waals surface area (Å²) in [5, 5.41) is 0. The average molecular weight is 249 g/mol. The van der Waals surface area contributed by atoms with Crippen LogP contribution in [0.25, 0.3) is 0 Å². The Bertz CT molecular complexity index is 349. The van der Waals surface area contributed by atoms with Crippen LogP contribution >= 0.6 is 0 Å². The molecule has 3 heteroatoms. The van der Waals surface area contributed by atoms with E-state index >= 15 is 0 Å². The number of hydrogen-bond acceptors (Lipinski definition) is 3. The molecule has 0 aliphatic heterocycles. The van der Waals surface area contributed by atoms with Crippen LogP contribution < -0.4 is 0 Å². The Morgan fingerprint density at radius 2 is 1.94 bits per heavy atom. The lowest BCUT2D eigenvalue weighted by atomic mass is 9.96. The van der Waals surface area contributed by atoms with Crippen molar-refractivity contribution in [2.45, 2.75) is 19.8 Å². The number of ether oxygens (including phenoxy) is 1. The van der Waals surface area contributed by atoms with E-state index in [9.17, 15) is 4.79 Å². The van der Waals surface area contributed by atoms with Crippen molar-refractivity contribution in [3.8, 4) is 0 Å². The molecule has 0 heterocycles. The maximum Gasteiger partial charge on any atom is 0.309 e. The second-order valence-electron chi connectivity index (χ2n) is 4.73. The fraction of sp³-hybridized carbons (Fsp3) is 0.533. The smallest absolute Gasteiger partial charge is 0.309 e. The van der Waals surface area contributed by atoms with Gasteiger partial charge in [0.25, 0.3) is 0 Å². The molecule has 0 aliphatic carbocycles. The number of carbonyl (C=O) groups excluding carboxylic acids is 1. The van der Waals surface area contributed by atoms with Crippen LogP contribution in [0.4, 0.5) is 0 Å². The molecule has 0 N–H and O–H groups in total. The van der Waals surface area contributed by atoms with Crippen LogP contribution in [0.1, 0.15) is 18.9 Å². The highest BCUT2D eigenvalue weighted by Crippen LogP contribution is 2.14. The molecule has 0 bridgehead atoms. The summed E-state index contributed by atoms with van der Waals surface area (Å²) in [6.45, 7) is 3.20. The molecule has 0 saturated carbocycles. The second-order valence-corrected chi connectivity index (χ2v) is 4.73. The number of benzene rings is 1. The molecule has 0 saturated heterocycles. The van der Waals surface area contributed by atoms with Crippen LogP contribution in [-0.2, 0) is 16.0 Å². The summed E-state index contributed by atoms with van der Waals surface area (Å²) >= 11 is 0. The van der Waals surface area contributed by atoms with Crippen LogP contribution in [0.5, 0.6) is 0 Å². The van der Waals surface area contributed by atoms with Crippen LogP contribution in [0, 0.1) is 5.92 Å². The van der Waals surface area contributed by atoms with Crippen molar-refractivity contribution in [1.82, 2.24) is 4.90 Å². The lowest BCUT2D eigenvalue weighted by Crippen LogP contribution is -2.25. The quantitative estimate of drug-likeness (QED) is 0.695. The first-order valence-electron chi connectivity index (χ1n) is 6.48. The first-order chi connectivity index (χ1) is 8.63. The summed E-state index contributed by atoms with van der Waals surface area (Å²) in [5.74, 6) is -0.127. The van der Waals surface area contributed by atoms with Gasteiger partial charge in [0, 0.05) is 0 Å². The Hall–Kier alpha value is -1.35. The predicted molar refractivity (Wildman–Crippen MR) is 73.4 cm³/mol. The first kappa shape index (κ1) is 14.7. The van der Waals surface area contributed by atoms with E-state index in [1.807, 2.05) is 39.2 Å². The highest BCUT2D eigenvalue weighted by molar-refractivity contribution is 5.72. The van der Waals surface area contributed by atoms with Gasteiger partial charge in [-0.05, 0) is 46.0 Å². The fourth-order valence-electron chi connectivity index (χ4n) is 1.88.